The molecule has 2 unspecified atom stereocenters. The summed E-state index contributed by atoms with van der Waals surface area (Å²) < 4.78 is 16.7. The summed E-state index contributed by atoms with van der Waals surface area (Å²) in [6, 6.07) is 16.1. The second kappa shape index (κ2) is 7.38. The molecule has 1 N–H and O–H groups in total. The van der Waals surface area contributed by atoms with Crippen LogP contribution < -0.4 is 5.32 Å². The van der Waals surface area contributed by atoms with Gasteiger partial charge in [-0.05, 0) is 42.3 Å². The molecule has 3 nitrogen and oxygen atoms in total. The van der Waals surface area contributed by atoms with Crippen LogP contribution in [0, 0.1) is 0 Å². The summed E-state index contributed by atoms with van der Waals surface area (Å²) in [4.78, 5) is 0.856. The maximum absolute atomic E-state index is 11.3. The van der Waals surface area contributed by atoms with Gasteiger partial charge in [0, 0.05) is 41.3 Å². The zero-order valence-corrected chi connectivity index (χ0v) is 13.4. The molecule has 0 saturated heterocycles. The summed E-state index contributed by atoms with van der Waals surface area (Å²) in [5.74, 6) is 0. The average molecular weight is 303 g/mol. The smallest absolute Gasteiger partial charge is 0.0793 e. The van der Waals surface area contributed by atoms with Gasteiger partial charge in [0.15, 0.2) is 0 Å². The average Bonchev–Trinajstić information content (AvgIpc) is 2.52. The van der Waals surface area contributed by atoms with Gasteiger partial charge in [0.05, 0.1) is 6.10 Å². The Morgan fingerprint density at radius 3 is 2.52 bits per heavy atom. The fourth-order valence-electron chi connectivity index (χ4n) is 2.04. The van der Waals surface area contributed by atoms with E-state index in [2.05, 4.69) is 17.4 Å². The van der Waals surface area contributed by atoms with Crippen molar-refractivity contribution in [2.75, 3.05) is 18.7 Å². The first kappa shape index (κ1) is 15.7. The van der Waals surface area contributed by atoms with E-state index >= 15 is 0 Å². The highest BCUT2D eigenvalue weighted by Crippen LogP contribution is 2.20. The molecule has 0 heterocycles. The Kier molecular flexibility index (Phi) is 5.53. The Morgan fingerprint density at radius 2 is 1.90 bits per heavy atom. The lowest BCUT2D eigenvalue weighted by Crippen LogP contribution is -2.01. The van der Waals surface area contributed by atoms with E-state index in [9.17, 15) is 4.21 Å². The minimum atomic E-state index is -0.921. The zero-order chi connectivity index (χ0) is 15.2. The number of hydrogen-bond acceptors (Lipinski definition) is 3. The van der Waals surface area contributed by atoms with Gasteiger partial charge in [-0.1, -0.05) is 24.3 Å². The normalized spacial score (nSPS) is 13.7. The van der Waals surface area contributed by atoms with Crippen LogP contribution in [0.5, 0.6) is 0 Å². The summed E-state index contributed by atoms with van der Waals surface area (Å²) in [6.07, 6.45) is 1.78. The quantitative estimate of drug-likeness (QED) is 0.883. The summed E-state index contributed by atoms with van der Waals surface area (Å²) in [6.45, 7) is 2.77. The maximum Gasteiger partial charge on any atom is 0.0793 e. The first-order valence-corrected chi connectivity index (χ1v) is 8.45. The van der Waals surface area contributed by atoms with Gasteiger partial charge in [0.25, 0.3) is 0 Å². The van der Waals surface area contributed by atoms with E-state index in [4.69, 9.17) is 4.74 Å². The van der Waals surface area contributed by atoms with Crippen LogP contribution in [-0.2, 0) is 22.1 Å². The van der Waals surface area contributed by atoms with Crippen LogP contribution in [0.3, 0.4) is 0 Å². The Hall–Kier alpha value is -1.65. The van der Waals surface area contributed by atoms with E-state index in [1.807, 2.05) is 43.3 Å². The van der Waals surface area contributed by atoms with Gasteiger partial charge in [-0.2, -0.15) is 0 Å². The standard InChI is InChI=1S/C17H21NO2S/c1-13(20-2)15-5-4-6-16(11-15)18-12-14-7-9-17(10-8-14)21(3)19/h4-11,13,18H,12H2,1-3H3. The van der Waals surface area contributed by atoms with Crippen molar-refractivity contribution < 1.29 is 8.95 Å². The first-order valence-electron chi connectivity index (χ1n) is 6.89. The summed E-state index contributed by atoms with van der Waals surface area (Å²) in [7, 11) is 0.791. The second-order valence-electron chi connectivity index (χ2n) is 4.96. The molecule has 0 saturated carbocycles. The predicted octanol–water partition coefficient (Wildman–Crippen LogP) is 3.74. The monoisotopic (exact) mass is 303 g/mol. The molecule has 2 aromatic rings. The molecule has 4 heteroatoms. The summed E-state index contributed by atoms with van der Waals surface area (Å²) in [5, 5.41) is 3.40. The molecular formula is C17H21NO2S. The Morgan fingerprint density at radius 1 is 1.19 bits per heavy atom. The van der Waals surface area contributed by atoms with Crippen molar-refractivity contribution in [3.63, 3.8) is 0 Å². The fraction of sp³-hybridized carbons (Fsp3) is 0.294. The van der Waals surface area contributed by atoms with Crippen LogP contribution in [0.4, 0.5) is 5.69 Å². The van der Waals surface area contributed by atoms with Gasteiger partial charge >= 0.3 is 0 Å². The first-order chi connectivity index (χ1) is 10.1. The zero-order valence-electron chi connectivity index (χ0n) is 12.6. The fourth-order valence-corrected chi connectivity index (χ4v) is 2.56. The lowest BCUT2D eigenvalue weighted by Gasteiger charge is -2.12. The number of rotatable bonds is 6. The van der Waals surface area contributed by atoms with Crippen LogP contribution in [0.15, 0.2) is 53.4 Å². The van der Waals surface area contributed by atoms with Crippen molar-refractivity contribution in [2.24, 2.45) is 0 Å². The molecule has 0 bridgehead atoms. The molecule has 0 radical (unpaired) electrons. The highest BCUT2D eigenvalue weighted by Gasteiger charge is 2.04. The molecule has 0 spiro atoms. The van der Waals surface area contributed by atoms with Gasteiger partial charge in [0.2, 0.25) is 0 Å². The molecule has 0 aliphatic heterocycles. The molecule has 0 aliphatic carbocycles. The third-order valence-electron chi connectivity index (χ3n) is 3.46. The van der Waals surface area contributed by atoms with Gasteiger partial charge in [-0.15, -0.1) is 0 Å². The maximum atomic E-state index is 11.3. The SMILES string of the molecule is COC(C)c1cccc(NCc2ccc(S(C)=O)cc2)c1. The van der Waals surface area contributed by atoms with Crippen LogP contribution in [0.25, 0.3) is 0 Å². The number of hydrogen-bond donors (Lipinski definition) is 1. The Labute approximate surface area is 128 Å². The van der Waals surface area contributed by atoms with E-state index in [0.29, 0.717) is 0 Å². The molecule has 2 aromatic carbocycles. The van der Waals surface area contributed by atoms with E-state index < -0.39 is 10.8 Å². The highest BCUT2D eigenvalue weighted by molar-refractivity contribution is 7.84. The third kappa shape index (κ3) is 4.41. The van der Waals surface area contributed by atoms with Crippen LogP contribution in [0.1, 0.15) is 24.2 Å². The Bertz CT molecular complexity index is 610. The minimum Gasteiger partial charge on any atom is -0.381 e. The molecule has 2 atom stereocenters. The van der Waals surface area contributed by atoms with Crippen molar-refractivity contribution in [1.29, 1.82) is 0 Å². The molecule has 0 aliphatic rings. The largest absolute Gasteiger partial charge is 0.381 e. The van der Waals surface area contributed by atoms with Crippen LogP contribution in [0.2, 0.25) is 0 Å². The van der Waals surface area contributed by atoms with Crippen molar-refractivity contribution in [1.82, 2.24) is 0 Å². The number of nitrogens with one attached hydrogen (secondary N) is 1. The van der Waals surface area contributed by atoms with Crippen molar-refractivity contribution >= 4 is 16.5 Å². The van der Waals surface area contributed by atoms with Crippen molar-refractivity contribution in [3.05, 3.63) is 59.7 Å². The van der Waals surface area contributed by atoms with E-state index in [1.165, 1.54) is 0 Å². The van der Waals surface area contributed by atoms with Gasteiger partial charge in [0.1, 0.15) is 0 Å². The number of ether oxygens (including phenoxy) is 1. The molecule has 0 fully saturated rings. The van der Waals surface area contributed by atoms with Crippen LogP contribution >= 0.6 is 0 Å². The lowest BCUT2D eigenvalue weighted by molar-refractivity contribution is 0.119. The predicted molar refractivity (Wildman–Crippen MR) is 88.0 cm³/mol. The number of benzene rings is 2. The van der Waals surface area contributed by atoms with Crippen LogP contribution in [-0.4, -0.2) is 17.6 Å². The number of methoxy groups -OCH3 is 1. The summed E-state index contributed by atoms with van der Waals surface area (Å²) in [5.41, 5.74) is 3.38. The van der Waals surface area contributed by atoms with E-state index in [-0.39, 0.29) is 6.10 Å². The van der Waals surface area contributed by atoms with Gasteiger partial charge in [-0.3, -0.25) is 4.21 Å². The highest BCUT2D eigenvalue weighted by atomic mass is 32.2. The molecule has 21 heavy (non-hydrogen) atoms. The third-order valence-corrected chi connectivity index (χ3v) is 4.40. The van der Waals surface area contributed by atoms with Gasteiger partial charge < -0.3 is 10.1 Å². The topological polar surface area (TPSA) is 38.3 Å². The minimum absolute atomic E-state index is 0.0885. The van der Waals surface area contributed by atoms with E-state index in [1.54, 1.807) is 13.4 Å². The molecular weight excluding hydrogens is 282 g/mol. The van der Waals surface area contributed by atoms with Crippen molar-refractivity contribution in [3.8, 4) is 0 Å². The van der Waals surface area contributed by atoms with E-state index in [0.717, 1.165) is 28.3 Å². The number of anilines is 1. The summed E-state index contributed by atoms with van der Waals surface area (Å²) >= 11 is 0. The Balaban J connectivity index is 2.01. The van der Waals surface area contributed by atoms with Crippen molar-refractivity contribution in [2.45, 2.75) is 24.5 Å². The molecule has 0 aromatic heterocycles. The second-order valence-corrected chi connectivity index (χ2v) is 6.33. The molecule has 2 rings (SSSR count). The molecule has 112 valence electrons. The lowest BCUT2D eigenvalue weighted by atomic mass is 10.1. The van der Waals surface area contributed by atoms with Gasteiger partial charge in [-0.25, -0.2) is 0 Å². The molecule has 0 amide bonds.